The van der Waals surface area contributed by atoms with Crippen LogP contribution in [0.1, 0.15) is 37.8 Å². The Bertz CT molecular complexity index is 660. The molecule has 0 bridgehead atoms. The fraction of sp³-hybridized carbons (Fsp3) is 0.529. The first-order valence-corrected chi connectivity index (χ1v) is 9.29. The van der Waals surface area contributed by atoms with E-state index in [1.807, 2.05) is 5.38 Å². The largest absolute Gasteiger partial charge is 0.350 e. The van der Waals surface area contributed by atoms with Gasteiger partial charge in [0.1, 0.15) is 0 Å². The molecule has 1 aliphatic heterocycles. The molecule has 2 aromatic heterocycles. The highest BCUT2D eigenvalue weighted by molar-refractivity contribution is 7.13. The van der Waals surface area contributed by atoms with Crippen molar-refractivity contribution >= 4 is 17.2 Å². The average molecular weight is 345 g/mol. The second kappa shape index (κ2) is 8.30. The minimum atomic E-state index is 0.0967. The number of aromatic nitrogens is 3. The van der Waals surface area contributed by atoms with Crippen molar-refractivity contribution in [1.82, 2.24) is 25.2 Å². The lowest BCUT2D eigenvalue weighted by molar-refractivity contribution is -0.121. The highest BCUT2D eigenvalue weighted by atomic mass is 32.1. The maximum Gasteiger partial charge on any atom is 0.220 e. The van der Waals surface area contributed by atoms with Crippen molar-refractivity contribution in [2.75, 3.05) is 13.6 Å². The summed E-state index contributed by atoms with van der Waals surface area (Å²) in [5.74, 6) is 0.722. The van der Waals surface area contributed by atoms with Gasteiger partial charge < -0.3 is 10.2 Å². The molecule has 1 saturated heterocycles. The zero-order valence-corrected chi connectivity index (χ0v) is 14.8. The lowest BCUT2D eigenvalue weighted by atomic mass is 9.98. The van der Waals surface area contributed by atoms with Crippen molar-refractivity contribution in [3.63, 3.8) is 0 Å². The van der Waals surface area contributed by atoms with Gasteiger partial charge in [-0.05, 0) is 38.9 Å². The predicted molar refractivity (Wildman–Crippen MR) is 94.5 cm³/mol. The Morgan fingerprint density at radius 3 is 3.00 bits per heavy atom. The van der Waals surface area contributed by atoms with Gasteiger partial charge in [0, 0.05) is 30.2 Å². The zero-order valence-electron chi connectivity index (χ0n) is 13.9. The minimum absolute atomic E-state index is 0.0967. The maximum atomic E-state index is 12.1. The molecule has 3 heterocycles. The summed E-state index contributed by atoms with van der Waals surface area (Å²) in [6, 6.07) is 2.33. The molecular formula is C17H23N5OS. The molecule has 3 rings (SSSR count). The van der Waals surface area contributed by atoms with Crippen molar-refractivity contribution in [1.29, 1.82) is 0 Å². The first kappa shape index (κ1) is 17.0. The molecule has 1 atom stereocenters. The van der Waals surface area contributed by atoms with Gasteiger partial charge in [0.25, 0.3) is 0 Å². The zero-order chi connectivity index (χ0) is 16.8. The number of nitrogens with one attached hydrogen (secondary N) is 1. The molecule has 2 aromatic rings. The highest BCUT2D eigenvalue weighted by Gasteiger charge is 2.19. The Labute approximate surface area is 146 Å². The molecule has 0 saturated carbocycles. The Kier molecular flexibility index (Phi) is 5.87. The second-order valence-corrected chi connectivity index (χ2v) is 7.02. The average Bonchev–Trinajstić information content (AvgIpc) is 3.09. The number of rotatable bonds is 6. The van der Waals surface area contributed by atoms with Gasteiger partial charge in [-0.3, -0.25) is 4.79 Å². The Morgan fingerprint density at radius 2 is 2.21 bits per heavy atom. The number of thiazole rings is 1. The van der Waals surface area contributed by atoms with E-state index in [0.717, 1.165) is 23.7 Å². The fourth-order valence-electron chi connectivity index (χ4n) is 2.98. The number of hydrogen-bond donors (Lipinski definition) is 1. The smallest absolute Gasteiger partial charge is 0.220 e. The summed E-state index contributed by atoms with van der Waals surface area (Å²) in [6.45, 7) is 1.61. The lowest BCUT2D eigenvalue weighted by Crippen LogP contribution is -2.37. The molecule has 0 radical (unpaired) electrons. The Hall–Kier alpha value is -1.86. The highest BCUT2D eigenvalue weighted by Crippen LogP contribution is 2.20. The number of likely N-dealkylation sites (tertiary alicyclic amines) is 1. The molecule has 7 heteroatoms. The van der Waals surface area contributed by atoms with Crippen LogP contribution in [0.15, 0.2) is 23.8 Å². The predicted octanol–water partition coefficient (Wildman–Crippen LogP) is 2.48. The Morgan fingerprint density at radius 1 is 1.38 bits per heavy atom. The summed E-state index contributed by atoms with van der Waals surface area (Å²) < 4.78 is 0. The van der Waals surface area contributed by atoms with Crippen molar-refractivity contribution in [3.05, 3.63) is 29.5 Å². The number of amides is 1. The monoisotopic (exact) mass is 345 g/mol. The molecule has 0 spiro atoms. The molecule has 6 nitrogen and oxygen atoms in total. The summed E-state index contributed by atoms with van der Waals surface area (Å²) >= 11 is 1.50. The van der Waals surface area contributed by atoms with Crippen LogP contribution in [0.5, 0.6) is 0 Å². The third kappa shape index (κ3) is 4.58. The third-order valence-electron chi connectivity index (χ3n) is 4.40. The van der Waals surface area contributed by atoms with E-state index < -0.39 is 0 Å². The van der Waals surface area contributed by atoms with Crippen molar-refractivity contribution in [2.24, 2.45) is 0 Å². The first-order chi connectivity index (χ1) is 11.7. The summed E-state index contributed by atoms with van der Waals surface area (Å²) in [5.41, 5.74) is 0.852. The normalized spacial score (nSPS) is 18.5. The molecule has 0 aromatic carbocycles. The summed E-state index contributed by atoms with van der Waals surface area (Å²) in [6.07, 6.45) is 8.67. The van der Waals surface area contributed by atoms with Gasteiger partial charge in [0.2, 0.25) is 5.91 Å². The van der Waals surface area contributed by atoms with Gasteiger partial charge in [-0.2, -0.15) is 0 Å². The van der Waals surface area contributed by atoms with Crippen LogP contribution in [0.25, 0.3) is 10.8 Å². The Balaban J connectivity index is 1.44. The fourth-order valence-corrected chi connectivity index (χ4v) is 3.75. The number of piperidine rings is 1. The molecule has 1 aliphatic rings. The number of nitrogens with zero attached hydrogens (tertiary/aromatic N) is 4. The first-order valence-electron chi connectivity index (χ1n) is 8.41. The van der Waals surface area contributed by atoms with Gasteiger partial charge in [-0.15, -0.1) is 11.3 Å². The number of carbonyl (C=O) groups excluding carboxylic acids is 1. The van der Waals surface area contributed by atoms with Crippen molar-refractivity contribution in [3.8, 4) is 10.8 Å². The van der Waals surface area contributed by atoms with E-state index in [9.17, 15) is 4.79 Å². The van der Waals surface area contributed by atoms with Gasteiger partial charge in [-0.1, -0.05) is 6.42 Å². The van der Waals surface area contributed by atoms with Crippen LogP contribution in [-0.4, -0.2) is 45.4 Å². The SMILES string of the molecule is CN1CCCC[C@H]1CCC(=O)NCc1csc(-c2ncccn2)n1. The van der Waals surface area contributed by atoms with Crippen molar-refractivity contribution in [2.45, 2.75) is 44.7 Å². The summed E-state index contributed by atoms with van der Waals surface area (Å²) in [7, 11) is 2.16. The van der Waals surface area contributed by atoms with Gasteiger partial charge in [0.05, 0.1) is 12.2 Å². The molecule has 128 valence electrons. The number of hydrogen-bond acceptors (Lipinski definition) is 6. The standard InChI is InChI=1S/C17H23N5OS/c1-22-10-3-2-5-14(22)6-7-15(23)20-11-13-12-24-17(21-13)16-18-8-4-9-19-16/h4,8-9,12,14H,2-3,5-7,10-11H2,1H3,(H,20,23)/t14-/m0/s1. The van der Waals surface area contributed by atoms with Crippen molar-refractivity contribution < 1.29 is 4.79 Å². The van der Waals surface area contributed by atoms with Crippen LogP contribution in [0.2, 0.25) is 0 Å². The maximum absolute atomic E-state index is 12.1. The topological polar surface area (TPSA) is 71.0 Å². The molecule has 24 heavy (non-hydrogen) atoms. The number of carbonyl (C=O) groups is 1. The van der Waals surface area contributed by atoms with E-state index in [0.29, 0.717) is 24.8 Å². The van der Waals surface area contributed by atoms with Crippen LogP contribution in [0.4, 0.5) is 0 Å². The van der Waals surface area contributed by atoms with E-state index >= 15 is 0 Å². The molecule has 0 aliphatic carbocycles. The lowest BCUT2D eigenvalue weighted by Gasteiger charge is -2.32. The minimum Gasteiger partial charge on any atom is -0.350 e. The van der Waals surface area contributed by atoms with E-state index in [4.69, 9.17) is 0 Å². The third-order valence-corrected chi connectivity index (χ3v) is 5.29. The van der Waals surface area contributed by atoms with E-state index in [1.165, 1.54) is 30.6 Å². The summed E-state index contributed by atoms with van der Waals surface area (Å²) in [5, 5.41) is 5.69. The quantitative estimate of drug-likeness (QED) is 0.871. The van der Waals surface area contributed by atoms with Crippen LogP contribution in [-0.2, 0) is 11.3 Å². The molecule has 1 amide bonds. The van der Waals surface area contributed by atoms with Gasteiger partial charge in [0.15, 0.2) is 10.8 Å². The van der Waals surface area contributed by atoms with Gasteiger partial charge in [-0.25, -0.2) is 15.0 Å². The molecule has 0 unspecified atom stereocenters. The van der Waals surface area contributed by atoms with E-state index in [-0.39, 0.29) is 5.91 Å². The summed E-state index contributed by atoms with van der Waals surface area (Å²) in [4.78, 5) is 27.3. The van der Waals surface area contributed by atoms with Crippen LogP contribution < -0.4 is 5.32 Å². The molecular weight excluding hydrogens is 322 g/mol. The molecule has 1 fully saturated rings. The van der Waals surface area contributed by atoms with Crippen LogP contribution in [0, 0.1) is 0 Å². The second-order valence-electron chi connectivity index (χ2n) is 6.16. The van der Waals surface area contributed by atoms with Crippen LogP contribution in [0.3, 0.4) is 0 Å². The van der Waals surface area contributed by atoms with Crippen LogP contribution >= 0.6 is 11.3 Å². The van der Waals surface area contributed by atoms with E-state index in [1.54, 1.807) is 18.5 Å². The molecule has 1 N–H and O–H groups in total. The van der Waals surface area contributed by atoms with Gasteiger partial charge >= 0.3 is 0 Å². The van der Waals surface area contributed by atoms with E-state index in [2.05, 4.69) is 32.2 Å².